The van der Waals surface area contributed by atoms with Crippen LogP contribution in [0.1, 0.15) is 18.5 Å². The lowest BCUT2D eigenvalue weighted by molar-refractivity contribution is -0.133. The zero-order valence-corrected chi connectivity index (χ0v) is 26.6. The van der Waals surface area contributed by atoms with E-state index < -0.39 is 5.41 Å². The molecule has 3 aliphatic rings. The van der Waals surface area contributed by atoms with Gasteiger partial charge in [0.1, 0.15) is 0 Å². The van der Waals surface area contributed by atoms with Gasteiger partial charge in [-0.25, -0.2) is 9.97 Å². The molecule has 2 N–H and O–H groups in total. The predicted octanol–water partition coefficient (Wildman–Crippen LogP) is 3.50. The molecule has 242 valence electrons. The summed E-state index contributed by atoms with van der Waals surface area (Å²) in [5, 5.41) is 11.7. The summed E-state index contributed by atoms with van der Waals surface area (Å²) in [6, 6.07) is 15.9. The van der Waals surface area contributed by atoms with E-state index in [2.05, 4.69) is 52.4 Å². The molecule has 0 spiro atoms. The number of H-pyrrole nitrogens is 1. The van der Waals surface area contributed by atoms with E-state index in [1.54, 1.807) is 25.6 Å². The van der Waals surface area contributed by atoms with Gasteiger partial charge in [0.25, 0.3) is 0 Å². The van der Waals surface area contributed by atoms with E-state index in [4.69, 9.17) is 4.74 Å². The number of benzene rings is 2. The summed E-state index contributed by atoms with van der Waals surface area (Å²) >= 11 is 0. The highest BCUT2D eigenvalue weighted by Crippen LogP contribution is 2.34. The first kappa shape index (κ1) is 30.7. The number of aromatic amines is 1. The van der Waals surface area contributed by atoms with Crippen molar-refractivity contribution < 1.29 is 14.3 Å². The van der Waals surface area contributed by atoms with E-state index in [1.807, 2.05) is 47.5 Å². The van der Waals surface area contributed by atoms with Crippen LogP contribution in [-0.2, 0) is 14.3 Å². The van der Waals surface area contributed by atoms with Gasteiger partial charge in [0.15, 0.2) is 5.82 Å². The smallest absolute Gasteiger partial charge is 0.236 e. The summed E-state index contributed by atoms with van der Waals surface area (Å²) in [6.07, 6.45) is 8.74. The second-order valence-electron chi connectivity index (χ2n) is 12.4. The minimum absolute atomic E-state index is 0.0925. The Balaban J connectivity index is 0.947. The molecule has 0 saturated carbocycles. The van der Waals surface area contributed by atoms with Crippen LogP contribution in [0.2, 0.25) is 0 Å². The lowest BCUT2D eigenvalue weighted by atomic mass is 9.86. The Morgan fingerprint density at radius 1 is 1.02 bits per heavy atom. The summed E-state index contributed by atoms with van der Waals surface area (Å²) in [7, 11) is 1.62. The number of aliphatic imine (C=N–C) groups is 1. The lowest BCUT2D eigenvalue weighted by Crippen LogP contribution is -2.51. The van der Waals surface area contributed by atoms with Crippen LogP contribution >= 0.6 is 0 Å². The third-order valence-corrected chi connectivity index (χ3v) is 9.40. The van der Waals surface area contributed by atoms with Crippen LogP contribution in [0.5, 0.6) is 0 Å². The number of allylic oxidation sites excluding steroid dienone is 1. The first-order valence-corrected chi connectivity index (χ1v) is 16.1. The molecule has 2 fully saturated rings. The number of carbonyl (C=O) groups excluding carboxylic acids is 2. The number of dihydropyridines is 1. The summed E-state index contributed by atoms with van der Waals surface area (Å²) < 4.78 is 5.57. The van der Waals surface area contributed by atoms with E-state index >= 15 is 0 Å². The number of hydrogen-bond donors (Lipinski definition) is 2. The van der Waals surface area contributed by atoms with Crippen molar-refractivity contribution in [3.63, 3.8) is 0 Å². The standard InChI is InChI=1S/C35H39N9O3/c1-47-24-35(34(46)39-27-5-8-30-29(21-27)32(41-40-30)25-9-14-36-15-10-25)11-16-42(23-35)22-31(45)44-19-17-43(18-20-44)28-6-3-26(4-7-28)33-37-12-2-13-38-33/h2-9,12-14,21H,10-11,15-20,22-24H2,1H3,(H,39,46)(H,40,41). The molecule has 2 amide bonds. The van der Waals surface area contributed by atoms with Crippen molar-refractivity contribution in [2.75, 3.05) is 76.3 Å². The molecule has 0 radical (unpaired) electrons. The number of carbonyl (C=O) groups is 2. The largest absolute Gasteiger partial charge is 0.384 e. The van der Waals surface area contributed by atoms with Crippen molar-refractivity contribution in [3.05, 3.63) is 72.7 Å². The number of nitrogens with zero attached hydrogens (tertiary/aromatic N) is 7. The highest BCUT2D eigenvalue weighted by atomic mass is 16.5. The fourth-order valence-corrected chi connectivity index (χ4v) is 6.80. The molecule has 5 heterocycles. The van der Waals surface area contributed by atoms with Crippen molar-refractivity contribution in [1.29, 1.82) is 0 Å². The maximum absolute atomic E-state index is 13.8. The zero-order chi connectivity index (χ0) is 32.2. The molecular weight excluding hydrogens is 594 g/mol. The minimum Gasteiger partial charge on any atom is -0.384 e. The number of aromatic nitrogens is 4. The molecule has 2 saturated heterocycles. The van der Waals surface area contributed by atoms with E-state index in [9.17, 15) is 9.59 Å². The molecule has 7 rings (SSSR count). The third-order valence-electron chi connectivity index (χ3n) is 9.40. The highest BCUT2D eigenvalue weighted by Gasteiger charge is 2.45. The van der Waals surface area contributed by atoms with Gasteiger partial charge < -0.3 is 19.9 Å². The Labute approximate surface area is 273 Å². The Hall–Kier alpha value is -4.94. The van der Waals surface area contributed by atoms with Crippen LogP contribution in [0, 0.1) is 5.41 Å². The maximum Gasteiger partial charge on any atom is 0.236 e. The van der Waals surface area contributed by atoms with Gasteiger partial charge in [0.2, 0.25) is 11.8 Å². The SMILES string of the molecule is COCC1(C(=O)Nc2ccc3[nH]nc(C4=CC=NCC4)c3c2)CCN(CC(=O)N2CCN(c3ccc(-c4ncccn4)cc3)CC2)C1. The van der Waals surface area contributed by atoms with Gasteiger partial charge in [-0.1, -0.05) is 0 Å². The lowest BCUT2D eigenvalue weighted by Gasteiger charge is -2.37. The summed E-state index contributed by atoms with van der Waals surface area (Å²) in [6.45, 7) is 5.25. The van der Waals surface area contributed by atoms with Crippen molar-refractivity contribution in [2.24, 2.45) is 10.4 Å². The Bertz CT molecular complexity index is 1800. The molecule has 4 aromatic rings. The van der Waals surface area contributed by atoms with Gasteiger partial charge in [-0.05, 0) is 79.6 Å². The number of piperazine rings is 1. The van der Waals surface area contributed by atoms with Crippen LogP contribution in [0.15, 0.2) is 72.0 Å². The quantitative estimate of drug-likeness (QED) is 0.286. The molecule has 1 unspecified atom stereocenters. The first-order valence-electron chi connectivity index (χ1n) is 16.1. The first-order chi connectivity index (χ1) is 23.0. The van der Waals surface area contributed by atoms with E-state index in [0.29, 0.717) is 44.1 Å². The number of rotatable bonds is 9. The van der Waals surface area contributed by atoms with Gasteiger partial charge in [-0.15, -0.1) is 0 Å². The van der Waals surface area contributed by atoms with Crippen LogP contribution in [0.4, 0.5) is 11.4 Å². The third kappa shape index (κ3) is 6.51. The number of likely N-dealkylation sites (tertiary alicyclic amines) is 1. The normalized spacial score (nSPS) is 20.1. The Morgan fingerprint density at radius 2 is 1.83 bits per heavy atom. The van der Waals surface area contributed by atoms with E-state index in [1.165, 1.54) is 0 Å². The highest BCUT2D eigenvalue weighted by molar-refractivity contribution is 6.00. The van der Waals surface area contributed by atoms with Gasteiger partial charge in [0, 0.05) is 87.3 Å². The fourth-order valence-electron chi connectivity index (χ4n) is 6.80. The van der Waals surface area contributed by atoms with Crippen LogP contribution < -0.4 is 10.2 Å². The number of fused-ring (bicyclic) bond motifs is 1. The van der Waals surface area contributed by atoms with E-state index in [0.717, 1.165) is 59.5 Å². The maximum atomic E-state index is 13.8. The monoisotopic (exact) mass is 633 g/mol. The summed E-state index contributed by atoms with van der Waals surface area (Å²) in [5.41, 5.74) is 4.98. The number of nitrogens with one attached hydrogen (secondary N) is 2. The Kier molecular flexibility index (Phi) is 8.77. The molecule has 1 atom stereocenters. The molecular formula is C35H39N9O3. The molecule has 12 heteroatoms. The molecule has 12 nitrogen and oxygen atoms in total. The Morgan fingerprint density at radius 3 is 2.57 bits per heavy atom. The summed E-state index contributed by atoms with van der Waals surface area (Å²) in [4.78, 5) is 46.5. The van der Waals surface area contributed by atoms with Gasteiger partial charge >= 0.3 is 0 Å². The van der Waals surface area contributed by atoms with Gasteiger partial charge in [0.05, 0.1) is 29.8 Å². The molecule has 47 heavy (non-hydrogen) atoms. The number of methoxy groups -OCH3 is 1. The van der Waals surface area contributed by atoms with Crippen LogP contribution in [0.25, 0.3) is 27.9 Å². The minimum atomic E-state index is -0.749. The number of anilines is 2. The fraction of sp³-hybridized carbons (Fsp3) is 0.371. The second kappa shape index (κ2) is 13.4. The van der Waals surface area contributed by atoms with E-state index in [-0.39, 0.29) is 25.0 Å². The van der Waals surface area contributed by atoms with Crippen LogP contribution in [0.3, 0.4) is 0 Å². The average Bonchev–Trinajstić information content (AvgIpc) is 3.74. The molecule has 3 aliphatic heterocycles. The molecule has 2 aromatic heterocycles. The number of ether oxygens (including phenoxy) is 1. The molecule has 2 aromatic carbocycles. The topological polar surface area (TPSA) is 132 Å². The number of hydrogen-bond acceptors (Lipinski definition) is 9. The predicted molar refractivity (Wildman–Crippen MR) is 182 cm³/mol. The van der Waals surface area contributed by atoms with Crippen LogP contribution in [-0.4, -0.2) is 114 Å². The number of amides is 2. The summed E-state index contributed by atoms with van der Waals surface area (Å²) in [5.74, 6) is 0.702. The second-order valence-corrected chi connectivity index (χ2v) is 12.4. The molecule has 0 bridgehead atoms. The van der Waals surface area contributed by atoms with Gasteiger partial charge in [-0.2, -0.15) is 5.10 Å². The van der Waals surface area contributed by atoms with Crippen molar-refractivity contribution in [1.82, 2.24) is 30.0 Å². The zero-order valence-electron chi connectivity index (χ0n) is 26.6. The van der Waals surface area contributed by atoms with Crippen molar-refractivity contribution in [2.45, 2.75) is 12.8 Å². The van der Waals surface area contributed by atoms with Crippen molar-refractivity contribution in [3.8, 4) is 11.4 Å². The molecule has 0 aliphatic carbocycles. The average molecular weight is 634 g/mol. The van der Waals surface area contributed by atoms with Crippen molar-refractivity contribution >= 4 is 45.9 Å². The van der Waals surface area contributed by atoms with Gasteiger partial charge in [-0.3, -0.25) is 24.6 Å².